The molecule has 0 radical (unpaired) electrons. The number of carboxylic acids is 1. The molecule has 2 unspecified atom stereocenters. The first-order chi connectivity index (χ1) is 8.01. The maximum absolute atomic E-state index is 13.7. The van der Waals surface area contributed by atoms with E-state index in [2.05, 4.69) is 26.6 Å². The van der Waals surface area contributed by atoms with Gasteiger partial charge in [0, 0.05) is 10.0 Å². The van der Waals surface area contributed by atoms with Crippen LogP contribution in [0.5, 0.6) is 0 Å². The van der Waals surface area contributed by atoms with Crippen molar-refractivity contribution in [3.8, 4) is 0 Å². The van der Waals surface area contributed by atoms with Gasteiger partial charge in [0.05, 0.1) is 6.04 Å². The van der Waals surface area contributed by atoms with Crippen LogP contribution in [0, 0.1) is 5.82 Å². The highest BCUT2D eigenvalue weighted by molar-refractivity contribution is 9.10. The third-order valence-electron chi connectivity index (χ3n) is 2.51. The van der Waals surface area contributed by atoms with Crippen LogP contribution in [0.2, 0.25) is 0 Å². The molecule has 0 saturated carbocycles. The van der Waals surface area contributed by atoms with Crippen LogP contribution in [0.25, 0.3) is 0 Å². The smallest absolute Gasteiger partial charge is 0.322 e. The number of carbonyl (C=O) groups is 1. The van der Waals surface area contributed by atoms with Crippen molar-refractivity contribution >= 4 is 21.9 Å². The Morgan fingerprint density at radius 1 is 1.41 bits per heavy atom. The van der Waals surface area contributed by atoms with E-state index < -0.39 is 23.9 Å². The highest BCUT2D eigenvalue weighted by atomic mass is 79.9. The number of hydrogen-bond acceptors (Lipinski definition) is 3. The molecule has 0 fully saturated rings. The summed E-state index contributed by atoms with van der Waals surface area (Å²) in [6, 6.07) is 2.90. The van der Waals surface area contributed by atoms with Crippen LogP contribution >= 0.6 is 15.9 Å². The minimum Gasteiger partial charge on any atom is -0.480 e. The maximum Gasteiger partial charge on any atom is 0.322 e. The summed E-state index contributed by atoms with van der Waals surface area (Å²) in [5, 5.41) is 14.5. The zero-order chi connectivity index (χ0) is 13.0. The molecule has 17 heavy (non-hydrogen) atoms. The van der Waals surface area contributed by atoms with Crippen molar-refractivity contribution in [3.05, 3.63) is 34.1 Å². The van der Waals surface area contributed by atoms with E-state index in [0.29, 0.717) is 10.0 Å². The van der Waals surface area contributed by atoms with E-state index in [0.717, 1.165) is 0 Å². The van der Waals surface area contributed by atoms with Crippen LogP contribution in [0.1, 0.15) is 11.6 Å². The van der Waals surface area contributed by atoms with E-state index in [4.69, 9.17) is 5.11 Å². The molecule has 0 saturated heterocycles. The number of nitrogens with one attached hydrogen (secondary N) is 2. The summed E-state index contributed by atoms with van der Waals surface area (Å²) in [6.45, 7) is 0. The first kappa shape index (κ1) is 14.1. The summed E-state index contributed by atoms with van der Waals surface area (Å²) in [4.78, 5) is 11.1. The van der Waals surface area contributed by atoms with E-state index in [1.54, 1.807) is 19.2 Å². The van der Waals surface area contributed by atoms with E-state index >= 15 is 0 Å². The summed E-state index contributed by atoms with van der Waals surface area (Å²) in [7, 11) is 3.12. The largest absolute Gasteiger partial charge is 0.480 e. The molecule has 4 nitrogen and oxygen atoms in total. The molecule has 1 aromatic carbocycles. The zero-order valence-corrected chi connectivity index (χ0v) is 11.1. The van der Waals surface area contributed by atoms with Crippen LogP contribution in [0.4, 0.5) is 4.39 Å². The number of rotatable bonds is 5. The number of aliphatic carboxylic acids is 1. The van der Waals surface area contributed by atoms with Gasteiger partial charge in [-0.15, -0.1) is 0 Å². The van der Waals surface area contributed by atoms with Crippen molar-refractivity contribution in [1.82, 2.24) is 10.6 Å². The van der Waals surface area contributed by atoms with E-state index in [1.807, 2.05) is 0 Å². The summed E-state index contributed by atoms with van der Waals surface area (Å²) >= 11 is 3.24. The third kappa shape index (κ3) is 3.24. The van der Waals surface area contributed by atoms with Gasteiger partial charge in [0.1, 0.15) is 11.9 Å². The molecule has 0 bridgehead atoms. The Morgan fingerprint density at radius 3 is 2.53 bits per heavy atom. The molecular formula is C11H14BrFN2O2. The summed E-state index contributed by atoms with van der Waals surface area (Å²) in [5.74, 6) is -1.47. The second kappa shape index (κ2) is 6.09. The quantitative estimate of drug-likeness (QED) is 0.772. The molecule has 0 aliphatic carbocycles. The van der Waals surface area contributed by atoms with Gasteiger partial charge in [0.25, 0.3) is 0 Å². The number of benzene rings is 1. The molecule has 3 N–H and O–H groups in total. The predicted octanol–water partition coefficient (Wildman–Crippen LogP) is 1.52. The van der Waals surface area contributed by atoms with Crippen LogP contribution < -0.4 is 10.6 Å². The highest BCUT2D eigenvalue weighted by Crippen LogP contribution is 2.24. The summed E-state index contributed by atoms with van der Waals surface area (Å²) in [6.07, 6.45) is 0. The fourth-order valence-electron chi connectivity index (χ4n) is 1.69. The number of halogens is 2. The van der Waals surface area contributed by atoms with Gasteiger partial charge in [-0.1, -0.05) is 15.9 Å². The highest BCUT2D eigenvalue weighted by Gasteiger charge is 2.28. The second-order valence-corrected chi connectivity index (χ2v) is 4.45. The zero-order valence-electron chi connectivity index (χ0n) is 9.50. The minimum atomic E-state index is -1.04. The Kier molecular flexibility index (Phi) is 5.04. The summed E-state index contributed by atoms with van der Waals surface area (Å²) in [5.41, 5.74) is 0.309. The molecule has 0 aliphatic rings. The first-order valence-corrected chi connectivity index (χ1v) is 5.82. The standard InChI is InChI=1S/C11H14BrFN2O2/c1-14-9(10(15-2)11(16)17)7-5-6(12)3-4-8(7)13/h3-5,9-10,14-15H,1-2H3,(H,16,17). The molecule has 0 spiro atoms. The van der Waals surface area contributed by atoms with Crippen molar-refractivity contribution in [2.45, 2.75) is 12.1 Å². The SMILES string of the molecule is CNC(C(=O)O)C(NC)c1cc(Br)ccc1F. The van der Waals surface area contributed by atoms with Gasteiger partial charge < -0.3 is 15.7 Å². The molecule has 94 valence electrons. The van der Waals surface area contributed by atoms with E-state index in [-0.39, 0.29) is 0 Å². The van der Waals surface area contributed by atoms with Crippen LogP contribution in [-0.4, -0.2) is 31.2 Å². The lowest BCUT2D eigenvalue weighted by atomic mass is 9.99. The predicted molar refractivity (Wildman–Crippen MR) is 66.4 cm³/mol. The molecule has 0 amide bonds. The lowest BCUT2D eigenvalue weighted by Gasteiger charge is -2.24. The normalized spacial score (nSPS) is 14.4. The van der Waals surface area contributed by atoms with Crippen molar-refractivity contribution in [3.63, 3.8) is 0 Å². The fourth-order valence-corrected chi connectivity index (χ4v) is 2.07. The molecule has 1 rings (SSSR count). The van der Waals surface area contributed by atoms with Gasteiger partial charge in [0.15, 0.2) is 0 Å². The lowest BCUT2D eigenvalue weighted by Crippen LogP contribution is -2.44. The maximum atomic E-state index is 13.7. The molecule has 0 heterocycles. The average molecular weight is 305 g/mol. The Morgan fingerprint density at radius 2 is 2.06 bits per heavy atom. The molecule has 1 aromatic rings. The van der Waals surface area contributed by atoms with Gasteiger partial charge >= 0.3 is 5.97 Å². The fraction of sp³-hybridized carbons (Fsp3) is 0.364. The number of hydrogen-bond donors (Lipinski definition) is 3. The Hall–Kier alpha value is -0.980. The Labute approximate surface area is 107 Å². The van der Waals surface area contributed by atoms with Crippen molar-refractivity contribution < 1.29 is 14.3 Å². The van der Waals surface area contributed by atoms with Gasteiger partial charge in [-0.25, -0.2) is 4.39 Å². The van der Waals surface area contributed by atoms with Gasteiger partial charge in [-0.3, -0.25) is 4.79 Å². The van der Waals surface area contributed by atoms with E-state index in [9.17, 15) is 9.18 Å². The molecule has 2 atom stereocenters. The summed E-state index contributed by atoms with van der Waals surface area (Å²) < 4.78 is 14.4. The molecule has 0 aromatic heterocycles. The van der Waals surface area contributed by atoms with Crippen molar-refractivity contribution in [2.75, 3.05) is 14.1 Å². The van der Waals surface area contributed by atoms with Crippen LogP contribution in [0.3, 0.4) is 0 Å². The average Bonchev–Trinajstić information content (AvgIpc) is 2.28. The van der Waals surface area contributed by atoms with E-state index in [1.165, 1.54) is 13.1 Å². The molecule has 6 heteroatoms. The monoisotopic (exact) mass is 304 g/mol. The Balaban J connectivity index is 3.16. The minimum absolute atomic E-state index is 0.309. The van der Waals surface area contributed by atoms with Crippen LogP contribution in [-0.2, 0) is 4.79 Å². The number of carboxylic acid groups (broad SMARTS) is 1. The second-order valence-electron chi connectivity index (χ2n) is 3.54. The topological polar surface area (TPSA) is 61.4 Å². The molecular weight excluding hydrogens is 291 g/mol. The third-order valence-corrected chi connectivity index (χ3v) is 3.01. The van der Waals surface area contributed by atoms with Gasteiger partial charge in [-0.2, -0.15) is 0 Å². The Bertz CT molecular complexity index is 414. The van der Waals surface area contributed by atoms with Gasteiger partial charge in [0.2, 0.25) is 0 Å². The lowest BCUT2D eigenvalue weighted by molar-refractivity contribution is -0.140. The van der Waals surface area contributed by atoms with Crippen molar-refractivity contribution in [2.24, 2.45) is 0 Å². The molecule has 0 aliphatic heterocycles. The van der Waals surface area contributed by atoms with Crippen LogP contribution in [0.15, 0.2) is 22.7 Å². The number of likely N-dealkylation sites (N-methyl/N-ethyl adjacent to an activating group) is 2. The van der Waals surface area contributed by atoms with Crippen molar-refractivity contribution in [1.29, 1.82) is 0 Å². The van der Waals surface area contributed by atoms with Gasteiger partial charge in [-0.05, 0) is 32.3 Å². The first-order valence-electron chi connectivity index (χ1n) is 5.03.